The Bertz CT molecular complexity index is 980. The van der Waals surface area contributed by atoms with Crippen LogP contribution in [-0.2, 0) is 19.6 Å². The summed E-state index contributed by atoms with van der Waals surface area (Å²) in [5.41, 5.74) is 1.03. The highest BCUT2D eigenvalue weighted by atomic mass is 32.2. The number of nitrogens with zero attached hydrogens (tertiary/aromatic N) is 3. The molecule has 2 fully saturated rings. The highest BCUT2D eigenvalue weighted by Gasteiger charge is 2.36. The lowest BCUT2D eigenvalue weighted by molar-refractivity contribution is -0.138. The Balaban J connectivity index is 1.45. The van der Waals surface area contributed by atoms with E-state index in [0.29, 0.717) is 42.9 Å². The number of carbonyl (C=O) groups is 2. The van der Waals surface area contributed by atoms with Crippen LogP contribution in [0.2, 0.25) is 0 Å². The van der Waals surface area contributed by atoms with Crippen molar-refractivity contribution in [1.29, 1.82) is 0 Å². The molecule has 2 saturated heterocycles. The summed E-state index contributed by atoms with van der Waals surface area (Å²) in [5.74, 6) is 0.123. The van der Waals surface area contributed by atoms with Crippen molar-refractivity contribution >= 4 is 27.5 Å². The quantitative estimate of drug-likeness (QED) is 0.734. The van der Waals surface area contributed by atoms with Gasteiger partial charge in [0.25, 0.3) is 5.91 Å². The second kappa shape index (κ2) is 8.40. The standard InChI is InChI=1S/C21H30N4O5S/c1-14-12-17-18(30-15(2)20(26)22-17)13-19(14)31(28,29)25-6-4-16(5-7-25)21(27)24-10-8-23(3)9-11-24/h12-13,15-16H,4-11H2,1-3H3,(H,22,26)/t15-/m0/s1. The highest BCUT2D eigenvalue weighted by molar-refractivity contribution is 7.89. The van der Waals surface area contributed by atoms with E-state index in [4.69, 9.17) is 4.74 Å². The van der Waals surface area contributed by atoms with Gasteiger partial charge < -0.3 is 19.9 Å². The van der Waals surface area contributed by atoms with Gasteiger partial charge in [-0.25, -0.2) is 8.42 Å². The zero-order valence-electron chi connectivity index (χ0n) is 18.3. The zero-order chi connectivity index (χ0) is 22.3. The molecule has 3 aliphatic heterocycles. The minimum absolute atomic E-state index is 0.126. The zero-order valence-corrected chi connectivity index (χ0v) is 19.1. The molecule has 2 amide bonds. The van der Waals surface area contributed by atoms with Crippen molar-refractivity contribution in [3.8, 4) is 5.75 Å². The molecule has 0 spiro atoms. The Morgan fingerprint density at radius 1 is 1.10 bits per heavy atom. The minimum atomic E-state index is -3.73. The second-order valence-electron chi connectivity index (χ2n) is 8.67. The van der Waals surface area contributed by atoms with Gasteiger partial charge in [-0.2, -0.15) is 4.31 Å². The van der Waals surface area contributed by atoms with E-state index >= 15 is 0 Å². The van der Waals surface area contributed by atoms with Crippen molar-refractivity contribution < 1.29 is 22.7 Å². The Morgan fingerprint density at radius 3 is 2.39 bits per heavy atom. The average Bonchev–Trinajstić information content (AvgIpc) is 2.74. The normalized spacial score (nSPS) is 23.8. The molecule has 1 N–H and O–H groups in total. The Hall–Kier alpha value is -2.17. The number of aryl methyl sites for hydroxylation is 1. The number of piperidine rings is 1. The van der Waals surface area contributed by atoms with Gasteiger partial charge in [-0.3, -0.25) is 9.59 Å². The molecular formula is C21H30N4O5S. The van der Waals surface area contributed by atoms with Gasteiger partial charge in [0.1, 0.15) is 5.75 Å². The molecule has 0 aliphatic carbocycles. The fraction of sp³-hybridized carbons (Fsp3) is 0.619. The molecule has 4 rings (SSSR count). The first-order valence-electron chi connectivity index (χ1n) is 10.8. The molecular weight excluding hydrogens is 420 g/mol. The Morgan fingerprint density at radius 2 is 1.74 bits per heavy atom. The van der Waals surface area contributed by atoms with Crippen LogP contribution in [0, 0.1) is 12.8 Å². The van der Waals surface area contributed by atoms with Gasteiger partial charge in [0.05, 0.1) is 10.6 Å². The van der Waals surface area contributed by atoms with Crippen molar-refractivity contribution in [2.24, 2.45) is 5.92 Å². The maximum absolute atomic E-state index is 13.3. The number of sulfonamides is 1. The van der Waals surface area contributed by atoms with Gasteiger partial charge in [0.2, 0.25) is 15.9 Å². The van der Waals surface area contributed by atoms with E-state index in [9.17, 15) is 18.0 Å². The van der Waals surface area contributed by atoms with Crippen LogP contribution in [0.5, 0.6) is 5.75 Å². The molecule has 1 atom stereocenters. The van der Waals surface area contributed by atoms with Gasteiger partial charge >= 0.3 is 0 Å². The molecule has 170 valence electrons. The topological polar surface area (TPSA) is 99.3 Å². The van der Waals surface area contributed by atoms with Gasteiger partial charge in [-0.05, 0) is 45.4 Å². The van der Waals surface area contributed by atoms with Crippen LogP contribution in [-0.4, -0.2) is 86.8 Å². The molecule has 0 aromatic heterocycles. The third-order valence-electron chi connectivity index (χ3n) is 6.44. The summed E-state index contributed by atoms with van der Waals surface area (Å²) in [6, 6.07) is 3.13. The van der Waals surface area contributed by atoms with Gasteiger partial charge in [0, 0.05) is 51.3 Å². The summed E-state index contributed by atoms with van der Waals surface area (Å²) < 4.78 is 33.7. The first-order chi connectivity index (χ1) is 14.7. The lowest BCUT2D eigenvalue weighted by atomic mass is 9.96. The number of piperazine rings is 1. The molecule has 0 unspecified atom stereocenters. The van der Waals surface area contributed by atoms with Gasteiger partial charge in [-0.1, -0.05) is 0 Å². The molecule has 3 heterocycles. The molecule has 1 aromatic carbocycles. The number of nitrogens with one attached hydrogen (secondary N) is 1. The van der Waals surface area contributed by atoms with Crippen molar-refractivity contribution in [3.63, 3.8) is 0 Å². The first kappa shape index (κ1) is 22.0. The van der Waals surface area contributed by atoms with Crippen molar-refractivity contribution in [2.75, 3.05) is 51.6 Å². The number of fused-ring (bicyclic) bond motifs is 1. The molecule has 0 radical (unpaired) electrons. The molecule has 3 aliphatic rings. The number of ether oxygens (including phenoxy) is 1. The predicted molar refractivity (Wildman–Crippen MR) is 115 cm³/mol. The van der Waals surface area contributed by atoms with Crippen molar-refractivity contribution in [3.05, 3.63) is 17.7 Å². The smallest absolute Gasteiger partial charge is 0.265 e. The molecule has 9 nitrogen and oxygen atoms in total. The summed E-state index contributed by atoms with van der Waals surface area (Å²) in [6.45, 7) is 7.17. The summed E-state index contributed by atoms with van der Waals surface area (Å²) >= 11 is 0. The number of rotatable bonds is 3. The van der Waals surface area contributed by atoms with Crippen molar-refractivity contribution in [1.82, 2.24) is 14.1 Å². The molecule has 10 heteroatoms. The van der Waals surface area contributed by atoms with Crippen LogP contribution in [0.4, 0.5) is 5.69 Å². The van der Waals surface area contributed by atoms with Crippen LogP contribution < -0.4 is 10.1 Å². The first-order valence-corrected chi connectivity index (χ1v) is 12.2. The largest absolute Gasteiger partial charge is 0.479 e. The SMILES string of the molecule is Cc1cc2c(cc1S(=O)(=O)N1CCC(C(=O)N3CCN(C)CC3)CC1)O[C@@H](C)C(=O)N2. The monoisotopic (exact) mass is 450 g/mol. The predicted octanol–water partition coefficient (Wildman–Crippen LogP) is 0.889. The van der Waals surface area contributed by atoms with E-state index in [-0.39, 0.29) is 22.6 Å². The number of anilines is 1. The number of amides is 2. The third kappa shape index (κ3) is 4.28. The van der Waals surface area contributed by atoms with E-state index in [2.05, 4.69) is 10.2 Å². The maximum Gasteiger partial charge on any atom is 0.265 e. The van der Waals surface area contributed by atoms with Gasteiger partial charge in [0.15, 0.2) is 6.10 Å². The summed E-state index contributed by atoms with van der Waals surface area (Å²) in [7, 11) is -1.68. The summed E-state index contributed by atoms with van der Waals surface area (Å²) in [4.78, 5) is 29.0. The number of hydrogen-bond acceptors (Lipinski definition) is 6. The van der Waals surface area contributed by atoms with E-state index in [1.165, 1.54) is 10.4 Å². The van der Waals surface area contributed by atoms with Gasteiger partial charge in [-0.15, -0.1) is 0 Å². The number of benzene rings is 1. The van der Waals surface area contributed by atoms with Crippen LogP contribution in [0.3, 0.4) is 0 Å². The van der Waals surface area contributed by atoms with Crippen LogP contribution >= 0.6 is 0 Å². The fourth-order valence-electron chi connectivity index (χ4n) is 4.39. The van der Waals surface area contributed by atoms with Crippen LogP contribution in [0.15, 0.2) is 17.0 Å². The molecule has 0 saturated carbocycles. The third-order valence-corrected chi connectivity index (χ3v) is 8.48. The molecule has 1 aromatic rings. The molecule has 0 bridgehead atoms. The van der Waals surface area contributed by atoms with Crippen LogP contribution in [0.25, 0.3) is 0 Å². The van der Waals surface area contributed by atoms with E-state index in [1.807, 2.05) is 11.9 Å². The maximum atomic E-state index is 13.3. The summed E-state index contributed by atoms with van der Waals surface area (Å²) in [6.07, 6.45) is 0.373. The number of carbonyl (C=O) groups excluding carboxylic acids is 2. The number of hydrogen-bond donors (Lipinski definition) is 1. The van der Waals surface area contributed by atoms with Crippen molar-refractivity contribution in [2.45, 2.75) is 37.7 Å². The Labute approximate surface area is 183 Å². The van der Waals surface area contributed by atoms with E-state index < -0.39 is 16.1 Å². The fourth-order valence-corrected chi connectivity index (χ4v) is 6.08. The highest BCUT2D eigenvalue weighted by Crippen LogP contribution is 2.36. The number of likely N-dealkylation sites (N-methyl/N-ethyl adjacent to an activating group) is 1. The molecule has 31 heavy (non-hydrogen) atoms. The second-order valence-corrected chi connectivity index (χ2v) is 10.6. The van der Waals surface area contributed by atoms with E-state index in [1.54, 1.807) is 19.9 Å². The minimum Gasteiger partial charge on any atom is -0.479 e. The summed E-state index contributed by atoms with van der Waals surface area (Å²) in [5, 5.41) is 2.74. The average molecular weight is 451 g/mol. The lowest BCUT2D eigenvalue weighted by Crippen LogP contribution is -2.51. The Kier molecular flexibility index (Phi) is 5.97. The lowest BCUT2D eigenvalue weighted by Gasteiger charge is -2.37. The van der Waals surface area contributed by atoms with E-state index in [0.717, 1.165) is 26.2 Å². The van der Waals surface area contributed by atoms with Crippen LogP contribution in [0.1, 0.15) is 25.3 Å².